The van der Waals surface area contributed by atoms with Gasteiger partial charge in [-0.3, -0.25) is 9.69 Å². The van der Waals surface area contributed by atoms with Crippen LogP contribution in [0.2, 0.25) is 0 Å². The van der Waals surface area contributed by atoms with Crippen molar-refractivity contribution in [1.29, 1.82) is 0 Å². The number of hydrogen-bond donors (Lipinski definition) is 1. The van der Waals surface area contributed by atoms with Gasteiger partial charge in [0.1, 0.15) is 5.65 Å². The molecule has 6 nitrogen and oxygen atoms in total. The number of carbonyl (C=O) groups is 1. The van der Waals surface area contributed by atoms with Crippen LogP contribution in [0.1, 0.15) is 27.3 Å². The topological polar surface area (TPSA) is 61.1 Å². The van der Waals surface area contributed by atoms with Gasteiger partial charge in [-0.15, -0.1) is 0 Å². The zero-order chi connectivity index (χ0) is 20.1. The van der Waals surface area contributed by atoms with Crippen LogP contribution in [0, 0.1) is 6.92 Å². The Morgan fingerprint density at radius 3 is 2.57 bits per heavy atom. The second kappa shape index (κ2) is 8.99. The highest BCUT2D eigenvalue weighted by atomic mass is 16.3. The summed E-state index contributed by atoms with van der Waals surface area (Å²) < 4.78 is 1.99. The molecule has 1 N–H and O–H groups in total. The molecule has 0 atom stereocenters. The third kappa shape index (κ3) is 4.40. The number of amides is 1. The minimum absolute atomic E-state index is 0.0759. The first kappa shape index (κ1) is 20.0. The molecule has 0 saturated carbocycles. The number of aliphatic hydroxyl groups is 1. The summed E-state index contributed by atoms with van der Waals surface area (Å²) in [7, 11) is 3.75. The van der Waals surface area contributed by atoms with Crippen molar-refractivity contribution in [2.45, 2.75) is 19.9 Å². The average molecular weight is 380 g/mol. The summed E-state index contributed by atoms with van der Waals surface area (Å²) in [5.41, 5.74) is 4.37. The predicted molar refractivity (Wildman–Crippen MR) is 110 cm³/mol. The number of pyridine rings is 1. The normalized spacial score (nSPS) is 11.3. The number of benzene rings is 1. The molecule has 0 saturated heterocycles. The van der Waals surface area contributed by atoms with Crippen LogP contribution >= 0.6 is 0 Å². The Morgan fingerprint density at radius 2 is 1.86 bits per heavy atom. The molecule has 148 valence electrons. The summed E-state index contributed by atoms with van der Waals surface area (Å²) >= 11 is 0. The maximum atomic E-state index is 13.2. The van der Waals surface area contributed by atoms with Gasteiger partial charge in [-0.2, -0.15) is 0 Å². The van der Waals surface area contributed by atoms with E-state index in [2.05, 4.69) is 17.1 Å². The summed E-state index contributed by atoms with van der Waals surface area (Å²) in [6.45, 7) is 3.78. The Kier molecular flexibility index (Phi) is 6.44. The molecule has 1 aromatic carbocycles. The molecule has 0 radical (unpaired) electrons. The SMILES string of the molecule is Cc1cccn2c(CN(C)CCO)c(C(=O)N(C)CCc3ccccc3)nc12. The van der Waals surface area contributed by atoms with Crippen LogP contribution in [-0.2, 0) is 13.0 Å². The lowest BCUT2D eigenvalue weighted by Gasteiger charge is -2.19. The van der Waals surface area contributed by atoms with Crippen molar-refractivity contribution in [3.63, 3.8) is 0 Å². The fourth-order valence-corrected chi connectivity index (χ4v) is 3.30. The summed E-state index contributed by atoms with van der Waals surface area (Å²) in [4.78, 5) is 21.6. The maximum Gasteiger partial charge on any atom is 0.274 e. The number of likely N-dealkylation sites (N-methyl/N-ethyl adjacent to an activating group) is 2. The number of nitrogens with zero attached hydrogens (tertiary/aromatic N) is 4. The molecule has 2 heterocycles. The molecule has 3 rings (SSSR count). The molecule has 0 spiro atoms. The fourth-order valence-electron chi connectivity index (χ4n) is 3.30. The Hall–Kier alpha value is -2.70. The standard InChI is InChI=1S/C22H28N4O2/c1-17-8-7-12-26-19(16-24(2)14-15-27)20(23-21(17)26)22(28)25(3)13-11-18-9-5-4-6-10-18/h4-10,12,27H,11,13-16H2,1-3H3. The van der Waals surface area contributed by atoms with Crippen molar-refractivity contribution < 1.29 is 9.90 Å². The van der Waals surface area contributed by atoms with Gasteiger partial charge in [0.05, 0.1) is 12.3 Å². The van der Waals surface area contributed by atoms with Crippen LogP contribution in [0.5, 0.6) is 0 Å². The van der Waals surface area contributed by atoms with Gasteiger partial charge in [-0.25, -0.2) is 4.98 Å². The van der Waals surface area contributed by atoms with Crippen LogP contribution in [-0.4, -0.2) is 64.0 Å². The van der Waals surface area contributed by atoms with Crippen LogP contribution in [0.3, 0.4) is 0 Å². The highest BCUT2D eigenvalue weighted by molar-refractivity contribution is 5.94. The molecule has 3 aromatic rings. The minimum atomic E-state index is -0.0774. The second-order valence-corrected chi connectivity index (χ2v) is 7.22. The van der Waals surface area contributed by atoms with E-state index >= 15 is 0 Å². The molecular weight excluding hydrogens is 352 g/mol. The largest absolute Gasteiger partial charge is 0.395 e. The van der Waals surface area contributed by atoms with E-state index in [1.165, 1.54) is 5.56 Å². The Bertz CT molecular complexity index is 936. The number of imidazole rings is 1. The van der Waals surface area contributed by atoms with E-state index < -0.39 is 0 Å². The van der Waals surface area contributed by atoms with E-state index in [9.17, 15) is 9.90 Å². The van der Waals surface area contributed by atoms with Crippen LogP contribution in [0.15, 0.2) is 48.7 Å². The zero-order valence-electron chi connectivity index (χ0n) is 16.8. The summed E-state index contributed by atoms with van der Waals surface area (Å²) in [6.07, 6.45) is 2.74. The molecule has 0 aliphatic heterocycles. The summed E-state index contributed by atoms with van der Waals surface area (Å²) in [5, 5.41) is 9.23. The van der Waals surface area contributed by atoms with E-state index in [4.69, 9.17) is 0 Å². The molecule has 2 aromatic heterocycles. The van der Waals surface area contributed by atoms with Crippen molar-refractivity contribution in [1.82, 2.24) is 19.2 Å². The minimum Gasteiger partial charge on any atom is -0.395 e. The van der Waals surface area contributed by atoms with Crippen molar-refractivity contribution in [3.05, 3.63) is 71.2 Å². The molecule has 0 bridgehead atoms. The molecule has 0 fully saturated rings. The van der Waals surface area contributed by atoms with Gasteiger partial charge in [0.2, 0.25) is 0 Å². The zero-order valence-corrected chi connectivity index (χ0v) is 16.8. The monoisotopic (exact) mass is 380 g/mol. The van der Waals surface area contributed by atoms with Gasteiger partial charge in [0.15, 0.2) is 5.69 Å². The molecule has 28 heavy (non-hydrogen) atoms. The van der Waals surface area contributed by atoms with Crippen LogP contribution in [0.4, 0.5) is 0 Å². The maximum absolute atomic E-state index is 13.2. The lowest BCUT2D eigenvalue weighted by atomic mass is 10.1. The number of carbonyl (C=O) groups excluding carboxylic acids is 1. The van der Waals surface area contributed by atoms with Crippen LogP contribution in [0.25, 0.3) is 5.65 Å². The van der Waals surface area contributed by atoms with Gasteiger partial charge in [-0.05, 0) is 37.6 Å². The quantitative estimate of drug-likeness (QED) is 0.652. The van der Waals surface area contributed by atoms with E-state index in [0.717, 1.165) is 23.3 Å². The molecule has 0 unspecified atom stereocenters. The van der Waals surface area contributed by atoms with Gasteiger partial charge in [0.25, 0.3) is 5.91 Å². The van der Waals surface area contributed by atoms with Crippen LogP contribution < -0.4 is 0 Å². The Morgan fingerprint density at radius 1 is 1.11 bits per heavy atom. The molecular formula is C22H28N4O2. The first-order chi connectivity index (χ1) is 13.5. The molecule has 0 aliphatic rings. The lowest BCUT2D eigenvalue weighted by Crippen LogP contribution is -2.31. The average Bonchev–Trinajstić information content (AvgIpc) is 3.06. The second-order valence-electron chi connectivity index (χ2n) is 7.22. The lowest BCUT2D eigenvalue weighted by molar-refractivity contribution is 0.0789. The number of aromatic nitrogens is 2. The highest BCUT2D eigenvalue weighted by Crippen LogP contribution is 2.19. The predicted octanol–water partition coefficient (Wildman–Crippen LogP) is 2.38. The van der Waals surface area contributed by atoms with Gasteiger partial charge < -0.3 is 14.4 Å². The Balaban J connectivity index is 1.87. The van der Waals surface area contributed by atoms with Crippen molar-refractivity contribution in [2.24, 2.45) is 0 Å². The third-order valence-corrected chi connectivity index (χ3v) is 4.97. The number of fused-ring (bicyclic) bond motifs is 1. The third-order valence-electron chi connectivity index (χ3n) is 4.97. The van der Waals surface area contributed by atoms with E-state index in [1.807, 2.05) is 66.8 Å². The Labute approximate surface area is 166 Å². The van der Waals surface area contributed by atoms with Gasteiger partial charge in [-0.1, -0.05) is 36.4 Å². The van der Waals surface area contributed by atoms with Crippen molar-refractivity contribution in [3.8, 4) is 0 Å². The summed E-state index contributed by atoms with van der Waals surface area (Å²) in [6, 6.07) is 14.1. The highest BCUT2D eigenvalue weighted by Gasteiger charge is 2.23. The van der Waals surface area contributed by atoms with Gasteiger partial charge >= 0.3 is 0 Å². The number of hydrogen-bond acceptors (Lipinski definition) is 4. The molecule has 1 amide bonds. The first-order valence-corrected chi connectivity index (χ1v) is 9.56. The first-order valence-electron chi connectivity index (χ1n) is 9.56. The number of rotatable bonds is 8. The van der Waals surface area contributed by atoms with Gasteiger partial charge in [0, 0.05) is 32.9 Å². The molecule has 6 heteroatoms. The smallest absolute Gasteiger partial charge is 0.274 e. The van der Waals surface area contributed by atoms with Crippen molar-refractivity contribution in [2.75, 3.05) is 33.8 Å². The summed E-state index contributed by atoms with van der Waals surface area (Å²) in [5.74, 6) is -0.0774. The molecule has 0 aliphatic carbocycles. The van der Waals surface area contributed by atoms with E-state index in [0.29, 0.717) is 25.3 Å². The number of aliphatic hydroxyl groups excluding tert-OH is 1. The van der Waals surface area contributed by atoms with Crippen molar-refractivity contribution >= 4 is 11.6 Å². The fraction of sp³-hybridized carbons (Fsp3) is 0.364. The number of aryl methyl sites for hydroxylation is 1. The van der Waals surface area contributed by atoms with E-state index in [-0.39, 0.29) is 12.5 Å². The van der Waals surface area contributed by atoms with E-state index in [1.54, 1.807) is 4.90 Å².